The van der Waals surface area contributed by atoms with Crippen LogP contribution in [0.5, 0.6) is 0 Å². The molecular formula is C10H8ClN. The molecule has 1 aliphatic heterocycles. The van der Waals surface area contributed by atoms with Gasteiger partial charge in [0.15, 0.2) is 0 Å². The van der Waals surface area contributed by atoms with Gasteiger partial charge in [0.2, 0.25) is 0 Å². The lowest BCUT2D eigenvalue weighted by Crippen LogP contribution is -1.86. The summed E-state index contributed by atoms with van der Waals surface area (Å²) >= 11 is 5.97. The first kappa shape index (κ1) is 6.55. The number of halogens is 1. The van der Waals surface area contributed by atoms with Crippen molar-refractivity contribution in [3.8, 4) is 0 Å². The van der Waals surface area contributed by atoms with Crippen LogP contribution in [0.1, 0.15) is 5.56 Å². The van der Waals surface area contributed by atoms with E-state index in [1.165, 1.54) is 16.5 Å². The molecule has 1 aliphatic rings. The van der Waals surface area contributed by atoms with Crippen LogP contribution in [0.2, 0.25) is 5.02 Å². The van der Waals surface area contributed by atoms with Crippen molar-refractivity contribution in [1.29, 1.82) is 0 Å². The van der Waals surface area contributed by atoms with E-state index < -0.39 is 0 Å². The van der Waals surface area contributed by atoms with Gasteiger partial charge in [-0.25, -0.2) is 0 Å². The van der Waals surface area contributed by atoms with Crippen molar-refractivity contribution in [3.63, 3.8) is 0 Å². The summed E-state index contributed by atoms with van der Waals surface area (Å²) in [7, 11) is 0. The van der Waals surface area contributed by atoms with E-state index in [0.717, 1.165) is 18.0 Å². The molecule has 1 aromatic heterocycles. The quantitative estimate of drug-likeness (QED) is 0.583. The van der Waals surface area contributed by atoms with Crippen molar-refractivity contribution < 1.29 is 0 Å². The van der Waals surface area contributed by atoms with Gasteiger partial charge in [-0.15, -0.1) is 0 Å². The molecule has 0 fully saturated rings. The summed E-state index contributed by atoms with van der Waals surface area (Å²) in [5, 5.41) is 2.13. The van der Waals surface area contributed by atoms with Crippen molar-refractivity contribution in [3.05, 3.63) is 35.0 Å². The maximum atomic E-state index is 5.97. The Morgan fingerprint density at radius 2 is 2.25 bits per heavy atom. The van der Waals surface area contributed by atoms with E-state index in [4.69, 9.17) is 11.6 Å². The lowest BCUT2D eigenvalue weighted by Gasteiger charge is -1.95. The lowest BCUT2D eigenvalue weighted by molar-refractivity contribution is 0.771. The van der Waals surface area contributed by atoms with Gasteiger partial charge in [0.25, 0.3) is 0 Å². The molecule has 12 heavy (non-hydrogen) atoms. The molecule has 3 rings (SSSR count). The lowest BCUT2D eigenvalue weighted by atomic mass is 10.1. The first-order valence-electron chi connectivity index (χ1n) is 4.12. The molecule has 0 unspecified atom stereocenters. The molecular weight excluding hydrogens is 170 g/mol. The molecule has 60 valence electrons. The van der Waals surface area contributed by atoms with Crippen LogP contribution in [-0.4, -0.2) is 4.57 Å². The summed E-state index contributed by atoms with van der Waals surface area (Å²) in [5.74, 6) is 0. The Labute approximate surface area is 75.6 Å². The fourth-order valence-electron chi connectivity index (χ4n) is 2.02. The summed E-state index contributed by atoms with van der Waals surface area (Å²) < 4.78 is 2.29. The van der Waals surface area contributed by atoms with E-state index in [9.17, 15) is 0 Å². The SMILES string of the molecule is Clc1cc2c3c(ccn3CC2)c1. The van der Waals surface area contributed by atoms with Crippen molar-refractivity contribution in [2.75, 3.05) is 0 Å². The molecule has 2 heterocycles. The average molecular weight is 178 g/mol. The van der Waals surface area contributed by atoms with Crippen LogP contribution < -0.4 is 0 Å². The van der Waals surface area contributed by atoms with Crippen LogP contribution in [0.25, 0.3) is 10.9 Å². The van der Waals surface area contributed by atoms with Crippen molar-refractivity contribution in [2.45, 2.75) is 13.0 Å². The van der Waals surface area contributed by atoms with Gasteiger partial charge in [-0.3, -0.25) is 0 Å². The van der Waals surface area contributed by atoms with Gasteiger partial charge in [0.05, 0.1) is 5.52 Å². The van der Waals surface area contributed by atoms with E-state index >= 15 is 0 Å². The first-order valence-corrected chi connectivity index (χ1v) is 4.50. The summed E-state index contributed by atoms with van der Waals surface area (Å²) in [6, 6.07) is 6.24. The highest BCUT2D eigenvalue weighted by Gasteiger charge is 2.13. The topological polar surface area (TPSA) is 4.93 Å². The third-order valence-corrected chi connectivity index (χ3v) is 2.74. The summed E-state index contributed by atoms with van der Waals surface area (Å²) in [6.45, 7) is 1.11. The fourth-order valence-corrected chi connectivity index (χ4v) is 2.27. The predicted octanol–water partition coefficient (Wildman–Crippen LogP) is 2.85. The van der Waals surface area contributed by atoms with Gasteiger partial charge in [-0.1, -0.05) is 11.6 Å². The average Bonchev–Trinajstić information content (AvgIpc) is 2.59. The van der Waals surface area contributed by atoms with Crippen LogP contribution >= 0.6 is 11.6 Å². The Kier molecular flexibility index (Phi) is 1.12. The van der Waals surface area contributed by atoms with E-state index in [2.05, 4.69) is 22.9 Å². The summed E-state index contributed by atoms with van der Waals surface area (Å²) in [5.41, 5.74) is 2.77. The number of rotatable bonds is 0. The molecule has 0 saturated carbocycles. The van der Waals surface area contributed by atoms with E-state index in [1.54, 1.807) is 0 Å². The zero-order valence-electron chi connectivity index (χ0n) is 6.55. The summed E-state index contributed by atoms with van der Waals surface area (Å²) in [4.78, 5) is 0. The molecule has 0 spiro atoms. The van der Waals surface area contributed by atoms with Crippen LogP contribution in [0.3, 0.4) is 0 Å². The van der Waals surface area contributed by atoms with Crippen LogP contribution in [0.15, 0.2) is 24.4 Å². The number of benzene rings is 1. The predicted molar refractivity (Wildman–Crippen MR) is 50.7 cm³/mol. The minimum Gasteiger partial charge on any atom is -0.347 e. The molecule has 1 nitrogen and oxygen atoms in total. The Balaban J connectivity index is 2.55. The first-order chi connectivity index (χ1) is 5.84. The van der Waals surface area contributed by atoms with Crippen molar-refractivity contribution in [1.82, 2.24) is 4.57 Å². The van der Waals surface area contributed by atoms with Gasteiger partial charge >= 0.3 is 0 Å². The molecule has 0 radical (unpaired) electrons. The third-order valence-electron chi connectivity index (χ3n) is 2.53. The second kappa shape index (κ2) is 2.05. The van der Waals surface area contributed by atoms with Crippen LogP contribution in [0, 0.1) is 0 Å². The maximum absolute atomic E-state index is 5.97. The Morgan fingerprint density at radius 3 is 3.17 bits per heavy atom. The van der Waals surface area contributed by atoms with Crippen molar-refractivity contribution >= 4 is 22.5 Å². The molecule has 2 aromatic rings. The molecule has 0 bridgehead atoms. The zero-order valence-corrected chi connectivity index (χ0v) is 7.30. The molecule has 2 heteroatoms. The number of nitrogens with zero attached hydrogens (tertiary/aromatic N) is 1. The monoisotopic (exact) mass is 177 g/mol. The minimum atomic E-state index is 0.858. The number of aromatic nitrogens is 1. The number of aryl methyl sites for hydroxylation is 2. The second-order valence-corrected chi connectivity index (χ2v) is 3.70. The standard InChI is InChI=1S/C10H8ClN/c11-9-5-7-1-3-12-4-2-8(6-9)10(7)12/h1,3,5-6H,2,4H2. The highest BCUT2D eigenvalue weighted by Crippen LogP contribution is 2.29. The van der Waals surface area contributed by atoms with Gasteiger partial charge in [-0.05, 0) is 30.2 Å². The minimum absolute atomic E-state index is 0.858. The third kappa shape index (κ3) is 0.695. The largest absolute Gasteiger partial charge is 0.347 e. The van der Waals surface area contributed by atoms with E-state index in [-0.39, 0.29) is 0 Å². The number of hydrogen-bond acceptors (Lipinski definition) is 0. The Morgan fingerprint density at radius 1 is 1.33 bits per heavy atom. The van der Waals surface area contributed by atoms with Crippen molar-refractivity contribution in [2.24, 2.45) is 0 Å². The highest BCUT2D eigenvalue weighted by atomic mass is 35.5. The van der Waals surface area contributed by atoms with Crippen LogP contribution in [-0.2, 0) is 13.0 Å². The molecule has 0 saturated heterocycles. The van der Waals surface area contributed by atoms with Gasteiger partial charge in [0.1, 0.15) is 0 Å². The van der Waals surface area contributed by atoms with Gasteiger partial charge in [0, 0.05) is 23.2 Å². The molecule has 0 aliphatic carbocycles. The smallest absolute Gasteiger partial charge is 0.0514 e. The second-order valence-electron chi connectivity index (χ2n) is 3.26. The molecule has 0 N–H and O–H groups in total. The van der Waals surface area contributed by atoms with Crippen LogP contribution in [0.4, 0.5) is 0 Å². The van der Waals surface area contributed by atoms with E-state index in [1.807, 2.05) is 6.07 Å². The van der Waals surface area contributed by atoms with Gasteiger partial charge < -0.3 is 4.57 Å². The normalized spacial score (nSPS) is 14.4. The molecule has 0 atom stereocenters. The zero-order chi connectivity index (χ0) is 8.13. The number of hydrogen-bond donors (Lipinski definition) is 0. The van der Waals surface area contributed by atoms with Gasteiger partial charge in [-0.2, -0.15) is 0 Å². The highest BCUT2D eigenvalue weighted by molar-refractivity contribution is 6.31. The fraction of sp³-hybridized carbons (Fsp3) is 0.200. The molecule has 0 amide bonds. The Bertz CT molecular complexity index is 456. The Hall–Kier alpha value is -0.950. The van der Waals surface area contributed by atoms with E-state index in [0.29, 0.717) is 0 Å². The molecule has 1 aromatic carbocycles. The summed E-state index contributed by atoms with van der Waals surface area (Å²) in [6.07, 6.45) is 3.27. The maximum Gasteiger partial charge on any atom is 0.0514 e.